The zero-order chi connectivity index (χ0) is 19.1. The standard InChI is InChI=1S/C22H20N2O2S/c1-16-7-5-6-10-20(16)21(25)24-22(27)23-18-11-13-19(14-12-18)26-15-17-8-3-2-4-9-17/h2-14H,15H2,1H3,(H2,23,24,25,27). The SMILES string of the molecule is Cc1ccccc1C(=O)NC(=S)Nc1ccc(OCc2ccccc2)cc1. The molecule has 0 saturated carbocycles. The molecule has 0 heterocycles. The third-order valence-corrected chi connectivity index (χ3v) is 4.18. The number of carbonyl (C=O) groups excluding carboxylic acids is 1. The zero-order valence-corrected chi connectivity index (χ0v) is 15.8. The van der Waals surface area contributed by atoms with Crippen molar-refractivity contribution in [2.24, 2.45) is 0 Å². The normalized spacial score (nSPS) is 10.1. The lowest BCUT2D eigenvalue weighted by Gasteiger charge is -2.11. The minimum atomic E-state index is -0.228. The van der Waals surface area contributed by atoms with Crippen molar-refractivity contribution < 1.29 is 9.53 Å². The summed E-state index contributed by atoms with van der Waals surface area (Å²) in [5.41, 5.74) is 3.39. The quantitative estimate of drug-likeness (QED) is 0.634. The maximum Gasteiger partial charge on any atom is 0.257 e. The second-order valence-corrected chi connectivity index (χ2v) is 6.43. The largest absolute Gasteiger partial charge is 0.489 e. The lowest BCUT2D eigenvalue weighted by Crippen LogP contribution is -2.34. The number of thiocarbonyl (C=S) groups is 1. The number of amides is 1. The van der Waals surface area contributed by atoms with Crippen LogP contribution < -0.4 is 15.4 Å². The minimum Gasteiger partial charge on any atom is -0.489 e. The molecule has 0 unspecified atom stereocenters. The van der Waals surface area contributed by atoms with Gasteiger partial charge in [0.15, 0.2) is 5.11 Å². The van der Waals surface area contributed by atoms with Gasteiger partial charge < -0.3 is 10.1 Å². The highest BCUT2D eigenvalue weighted by Crippen LogP contribution is 2.17. The van der Waals surface area contributed by atoms with Gasteiger partial charge in [-0.3, -0.25) is 10.1 Å². The van der Waals surface area contributed by atoms with Crippen LogP contribution in [0.25, 0.3) is 0 Å². The first-order valence-electron chi connectivity index (χ1n) is 8.56. The molecule has 0 aliphatic carbocycles. The van der Waals surface area contributed by atoms with Gasteiger partial charge in [0.05, 0.1) is 0 Å². The molecule has 0 fully saturated rings. The van der Waals surface area contributed by atoms with E-state index in [0.717, 1.165) is 22.6 Å². The Hall–Kier alpha value is -3.18. The van der Waals surface area contributed by atoms with Gasteiger partial charge in [-0.05, 0) is 60.6 Å². The highest BCUT2D eigenvalue weighted by Gasteiger charge is 2.10. The summed E-state index contributed by atoms with van der Waals surface area (Å²) in [5, 5.41) is 5.96. The number of hydrogen-bond donors (Lipinski definition) is 2. The van der Waals surface area contributed by atoms with Crippen molar-refractivity contribution in [2.45, 2.75) is 13.5 Å². The van der Waals surface area contributed by atoms with Crippen molar-refractivity contribution in [1.82, 2.24) is 5.32 Å². The van der Waals surface area contributed by atoms with E-state index in [1.54, 1.807) is 6.07 Å². The monoisotopic (exact) mass is 376 g/mol. The average molecular weight is 376 g/mol. The van der Waals surface area contributed by atoms with Gasteiger partial charge in [-0.15, -0.1) is 0 Å². The van der Waals surface area contributed by atoms with Gasteiger partial charge in [0.1, 0.15) is 12.4 Å². The molecule has 4 nitrogen and oxygen atoms in total. The summed E-state index contributed by atoms with van der Waals surface area (Å²) < 4.78 is 5.76. The van der Waals surface area contributed by atoms with E-state index in [2.05, 4.69) is 10.6 Å². The van der Waals surface area contributed by atoms with Gasteiger partial charge >= 0.3 is 0 Å². The number of hydrogen-bond acceptors (Lipinski definition) is 3. The molecule has 3 rings (SSSR count). The Bertz CT molecular complexity index is 925. The summed E-state index contributed by atoms with van der Waals surface area (Å²) in [6.45, 7) is 2.40. The Morgan fingerprint density at radius 1 is 0.926 bits per heavy atom. The van der Waals surface area contributed by atoms with Gasteiger partial charge in [-0.2, -0.15) is 0 Å². The van der Waals surface area contributed by atoms with E-state index in [4.69, 9.17) is 17.0 Å². The molecule has 2 N–H and O–H groups in total. The Morgan fingerprint density at radius 3 is 2.30 bits per heavy atom. The van der Waals surface area contributed by atoms with Crippen LogP contribution in [0.5, 0.6) is 5.75 Å². The second-order valence-electron chi connectivity index (χ2n) is 6.02. The van der Waals surface area contributed by atoms with Crippen LogP contribution in [0.1, 0.15) is 21.5 Å². The van der Waals surface area contributed by atoms with Gasteiger partial charge in [0, 0.05) is 11.3 Å². The fourth-order valence-electron chi connectivity index (χ4n) is 2.54. The minimum absolute atomic E-state index is 0.228. The van der Waals surface area contributed by atoms with E-state index in [1.807, 2.05) is 79.7 Å². The predicted molar refractivity (Wildman–Crippen MR) is 112 cm³/mol. The van der Waals surface area contributed by atoms with Gasteiger partial charge in [-0.1, -0.05) is 48.5 Å². The maximum absolute atomic E-state index is 12.3. The Morgan fingerprint density at radius 2 is 1.59 bits per heavy atom. The Kier molecular flexibility index (Phi) is 6.18. The molecule has 3 aromatic carbocycles. The topological polar surface area (TPSA) is 50.4 Å². The fourth-order valence-corrected chi connectivity index (χ4v) is 2.75. The lowest BCUT2D eigenvalue weighted by molar-refractivity contribution is 0.0977. The van der Waals surface area contributed by atoms with Crippen LogP contribution in [-0.2, 0) is 6.61 Å². The third-order valence-electron chi connectivity index (χ3n) is 3.98. The molecule has 0 saturated heterocycles. The van der Waals surface area contributed by atoms with Crippen molar-refractivity contribution >= 4 is 28.9 Å². The van der Waals surface area contributed by atoms with E-state index in [1.165, 1.54) is 0 Å². The Balaban J connectivity index is 1.52. The predicted octanol–water partition coefficient (Wildman–Crippen LogP) is 4.70. The van der Waals surface area contributed by atoms with Crippen molar-refractivity contribution in [3.63, 3.8) is 0 Å². The van der Waals surface area contributed by atoms with Crippen LogP contribution in [0.4, 0.5) is 5.69 Å². The molecular weight excluding hydrogens is 356 g/mol. The van der Waals surface area contributed by atoms with Crippen LogP contribution in [0.3, 0.4) is 0 Å². The first kappa shape index (κ1) is 18.6. The summed E-state index contributed by atoms with van der Waals surface area (Å²) in [7, 11) is 0. The molecule has 0 aliphatic heterocycles. The molecule has 0 spiro atoms. The number of nitrogens with one attached hydrogen (secondary N) is 2. The lowest BCUT2D eigenvalue weighted by atomic mass is 10.1. The van der Waals surface area contributed by atoms with Crippen molar-refractivity contribution in [3.8, 4) is 5.75 Å². The third kappa shape index (κ3) is 5.39. The molecular formula is C22H20N2O2S. The fraction of sp³-hybridized carbons (Fsp3) is 0.0909. The van der Waals surface area contributed by atoms with Crippen LogP contribution in [-0.4, -0.2) is 11.0 Å². The highest BCUT2D eigenvalue weighted by molar-refractivity contribution is 7.80. The van der Waals surface area contributed by atoms with Gasteiger partial charge in [0.25, 0.3) is 5.91 Å². The molecule has 0 atom stereocenters. The van der Waals surface area contributed by atoms with E-state index in [9.17, 15) is 4.79 Å². The highest BCUT2D eigenvalue weighted by atomic mass is 32.1. The summed E-state index contributed by atoms with van der Waals surface area (Å²) in [6, 6.07) is 24.8. The van der Waals surface area contributed by atoms with E-state index < -0.39 is 0 Å². The smallest absolute Gasteiger partial charge is 0.257 e. The molecule has 0 bridgehead atoms. The Labute approximate surface area is 164 Å². The maximum atomic E-state index is 12.3. The van der Waals surface area contributed by atoms with E-state index in [0.29, 0.717) is 12.2 Å². The van der Waals surface area contributed by atoms with Crippen LogP contribution in [0, 0.1) is 6.92 Å². The number of aryl methyl sites for hydroxylation is 1. The molecule has 0 aromatic heterocycles. The zero-order valence-electron chi connectivity index (χ0n) is 14.9. The van der Waals surface area contributed by atoms with Crippen molar-refractivity contribution in [1.29, 1.82) is 0 Å². The summed E-state index contributed by atoms with van der Waals surface area (Å²) in [4.78, 5) is 12.3. The molecule has 0 radical (unpaired) electrons. The number of anilines is 1. The van der Waals surface area contributed by atoms with Crippen LogP contribution in [0.2, 0.25) is 0 Å². The van der Waals surface area contributed by atoms with Crippen LogP contribution in [0.15, 0.2) is 78.9 Å². The summed E-state index contributed by atoms with van der Waals surface area (Å²) >= 11 is 5.23. The summed E-state index contributed by atoms with van der Waals surface area (Å²) in [5.74, 6) is 0.535. The van der Waals surface area contributed by atoms with E-state index >= 15 is 0 Å². The van der Waals surface area contributed by atoms with Crippen LogP contribution >= 0.6 is 12.2 Å². The average Bonchev–Trinajstić information content (AvgIpc) is 2.68. The summed E-state index contributed by atoms with van der Waals surface area (Å²) in [6.07, 6.45) is 0. The van der Waals surface area contributed by atoms with Crippen molar-refractivity contribution in [3.05, 3.63) is 95.6 Å². The molecule has 136 valence electrons. The van der Waals surface area contributed by atoms with E-state index in [-0.39, 0.29) is 11.0 Å². The molecule has 3 aromatic rings. The first-order chi connectivity index (χ1) is 13.1. The number of carbonyl (C=O) groups is 1. The molecule has 1 amide bonds. The molecule has 27 heavy (non-hydrogen) atoms. The van der Waals surface area contributed by atoms with Gasteiger partial charge in [0.2, 0.25) is 0 Å². The number of ether oxygens (including phenoxy) is 1. The van der Waals surface area contributed by atoms with Gasteiger partial charge in [-0.25, -0.2) is 0 Å². The second kappa shape index (κ2) is 8.96. The van der Waals surface area contributed by atoms with Crippen molar-refractivity contribution in [2.75, 3.05) is 5.32 Å². The molecule has 0 aliphatic rings. The first-order valence-corrected chi connectivity index (χ1v) is 8.97. The number of rotatable bonds is 5. The molecule has 5 heteroatoms. The number of benzene rings is 3.